The van der Waals surface area contributed by atoms with Gasteiger partial charge in [-0.15, -0.1) is 0 Å². The van der Waals surface area contributed by atoms with Crippen LogP contribution in [0.3, 0.4) is 0 Å². The molecule has 1 aromatic heterocycles. The van der Waals surface area contributed by atoms with Gasteiger partial charge < -0.3 is 14.2 Å². The van der Waals surface area contributed by atoms with E-state index >= 15 is 0 Å². The van der Waals surface area contributed by atoms with Crippen LogP contribution in [0.15, 0.2) is 28.8 Å². The lowest BCUT2D eigenvalue weighted by atomic mass is 10.2. The van der Waals surface area contributed by atoms with Gasteiger partial charge in [-0.25, -0.2) is 0 Å². The minimum absolute atomic E-state index is 0.0344. The topological polar surface area (TPSA) is 71.7 Å². The fraction of sp³-hybridized carbons (Fsp3) is 0.471. The number of carbonyl (C=O) groups excluding carboxylic acids is 1. The van der Waals surface area contributed by atoms with E-state index in [1.165, 1.54) is 7.11 Å². The molecule has 25 heavy (non-hydrogen) atoms. The van der Waals surface area contributed by atoms with Gasteiger partial charge in [0.25, 0.3) is 0 Å². The second-order valence-electron chi connectivity index (χ2n) is 5.96. The molecule has 0 unspecified atom stereocenters. The highest BCUT2D eigenvalue weighted by Crippen LogP contribution is 2.19. The Kier molecular flexibility index (Phi) is 6.01. The van der Waals surface area contributed by atoms with E-state index in [-0.39, 0.29) is 12.5 Å². The molecule has 1 fully saturated rings. The highest BCUT2D eigenvalue weighted by Gasteiger charge is 2.20. The number of carbonyl (C=O) groups is 1. The van der Waals surface area contributed by atoms with Crippen molar-refractivity contribution in [3.63, 3.8) is 0 Å². The number of hydrogen-bond donors (Lipinski definition) is 0. The number of hydrogen-bond acceptors (Lipinski definition) is 6. The molecule has 3 rings (SSSR count). The molecule has 1 aromatic carbocycles. The Morgan fingerprint density at radius 3 is 2.80 bits per heavy atom. The molecule has 1 aliphatic heterocycles. The molecule has 134 valence electrons. The zero-order valence-electron chi connectivity index (χ0n) is 14.2. The third kappa shape index (κ3) is 4.78. The lowest BCUT2D eigenvalue weighted by Crippen LogP contribution is -2.37. The predicted octanol–water partition coefficient (Wildman–Crippen LogP) is 2.07. The summed E-state index contributed by atoms with van der Waals surface area (Å²) in [6.45, 7) is 3.80. The fourth-order valence-electron chi connectivity index (χ4n) is 2.82. The zero-order valence-corrected chi connectivity index (χ0v) is 14.9. The van der Waals surface area contributed by atoms with Crippen molar-refractivity contribution in [1.29, 1.82) is 0 Å². The zero-order chi connectivity index (χ0) is 17.6. The normalized spacial score (nSPS) is 16.0. The number of aromatic nitrogens is 2. The number of halogens is 1. The summed E-state index contributed by atoms with van der Waals surface area (Å²) in [6.07, 6.45) is 0.910. The first kappa shape index (κ1) is 17.8. The van der Waals surface area contributed by atoms with Gasteiger partial charge in [-0.2, -0.15) is 4.98 Å². The van der Waals surface area contributed by atoms with Crippen LogP contribution < -0.4 is 0 Å². The van der Waals surface area contributed by atoms with E-state index < -0.39 is 0 Å². The van der Waals surface area contributed by atoms with Crippen LogP contribution in [0, 0.1) is 0 Å². The molecular weight excluding hydrogens is 344 g/mol. The molecule has 0 saturated carbocycles. The van der Waals surface area contributed by atoms with Crippen LogP contribution in [-0.2, 0) is 16.1 Å². The maximum atomic E-state index is 11.9. The Morgan fingerprint density at radius 1 is 1.24 bits per heavy atom. The second-order valence-corrected chi connectivity index (χ2v) is 6.40. The van der Waals surface area contributed by atoms with E-state index in [1.807, 2.05) is 17.0 Å². The van der Waals surface area contributed by atoms with Crippen LogP contribution in [0.25, 0.3) is 11.4 Å². The lowest BCUT2D eigenvalue weighted by molar-refractivity contribution is -0.135. The number of nitrogens with zero attached hydrogens (tertiary/aromatic N) is 4. The van der Waals surface area contributed by atoms with Gasteiger partial charge in [0.1, 0.15) is 6.61 Å². The molecule has 0 spiro atoms. The molecule has 0 aliphatic carbocycles. The summed E-state index contributed by atoms with van der Waals surface area (Å²) in [5.74, 6) is 1.16. The summed E-state index contributed by atoms with van der Waals surface area (Å²) >= 11 is 5.90. The van der Waals surface area contributed by atoms with Crippen molar-refractivity contribution >= 4 is 17.5 Å². The number of amides is 1. The van der Waals surface area contributed by atoms with Crippen molar-refractivity contribution in [2.45, 2.75) is 13.0 Å². The van der Waals surface area contributed by atoms with Crippen molar-refractivity contribution in [2.75, 3.05) is 39.9 Å². The maximum absolute atomic E-state index is 11.9. The lowest BCUT2D eigenvalue weighted by Gasteiger charge is -2.20. The largest absolute Gasteiger partial charge is 0.375 e. The minimum atomic E-state index is 0.0344. The molecular formula is C17H21ClN4O3. The number of ether oxygens (including phenoxy) is 1. The van der Waals surface area contributed by atoms with Gasteiger partial charge in [0.05, 0.1) is 6.54 Å². The number of benzene rings is 1. The van der Waals surface area contributed by atoms with Gasteiger partial charge in [0.15, 0.2) is 0 Å². The molecule has 0 atom stereocenters. The third-order valence-corrected chi connectivity index (χ3v) is 4.39. The van der Waals surface area contributed by atoms with E-state index in [2.05, 4.69) is 15.0 Å². The van der Waals surface area contributed by atoms with E-state index in [1.54, 1.807) is 12.1 Å². The molecule has 0 N–H and O–H groups in total. The third-order valence-electron chi connectivity index (χ3n) is 4.14. The molecule has 2 aromatic rings. The quantitative estimate of drug-likeness (QED) is 0.808. The summed E-state index contributed by atoms with van der Waals surface area (Å²) in [5, 5.41) is 4.71. The van der Waals surface area contributed by atoms with Gasteiger partial charge >= 0.3 is 0 Å². The highest BCUT2D eigenvalue weighted by atomic mass is 35.5. The molecule has 1 aliphatic rings. The van der Waals surface area contributed by atoms with Crippen LogP contribution in [0.4, 0.5) is 0 Å². The van der Waals surface area contributed by atoms with Gasteiger partial charge in [-0.1, -0.05) is 16.8 Å². The van der Waals surface area contributed by atoms with Gasteiger partial charge in [-0.3, -0.25) is 9.69 Å². The molecule has 1 amide bonds. The molecule has 0 radical (unpaired) electrons. The Morgan fingerprint density at radius 2 is 2.04 bits per heavy atom. The molecule has 1 saturated heterocycles. The van der Waals surface area contributed by atoms with E-state index in [9.17, 15) is 4.79 Å². The van der Waals surface area contributed by atoms with Crippen molar-refractivity contribution in [3.05, 3.63) is 35.2 Å². The van der Waals surface area contributed by atoms with Crippen molar-refractivity contribution in [1.82, 2.24) is 19.9 Å². The van der Waals surface area contributed by atoms with Gasteiger partial charge in [-0.05, 0) is 30.7 Å². The first-order valence-electron chi connectivity index (χ1n) is 8.23. The first-order valence-corrected chi connectivity index (χ1v) is 8.61. The summed E-state index contributed by atoms with van der Waals surface area (Å²) in [4.78, 5) is 20.5. The van der Waals surface area contributed by atoms with E-state index in [0.717, 1.165) is 31.6 Å². The second kappa shape index (κ2) is 8.42. The monoisotopic (exact) mass is 364 g/mol. The smallest absolute Gasteiger partial charge is 0.248 e. The molecule has 2 heterocycles. The fourth-order valence-corrected chi connectivity index (χ4v) is 2.95. The molecule has 7 nitrogen and oxygen atoms in total. The number of rotatable bonds is 5. The van der Waals surface area contributed by atoms with Crippen LogP contribution in [0.5, 0.6) is 0 Å². The average molecular weight is 365 g/mol. The average Bonchev–Trinajstić information content (AvgIpc) is 2.94. The SMILES string of the molecule is COCC(=O)N1CCCN(Cc2nc(-c3ccc(Cl)cc3)no2)CC1. The van der Waals surface area contributed by atoms with Crippen LogP contribution in [0.1, 0.15) is 12.3 Å². The van der Waals surface area contributed by atoms with Crippen LogP contribution in [0.2, 0.25) is 5.02 Å². The Labute approximate surface area is 151 Å². The van der Waals surface area contributed by atoms with Crippen LogP contribution in [-0.4, -0.2) is 65.7 Å². The van der Waals surface area contributed by atoms with E-state index in [0.29, 0.717) is 29.8 Å². The summed E-state index contributed by atoms with van der Waals surface area (Å²) in [6, 6.07) is 7.32. The minimum Gasteiger partial charge on any atom is -0.375 e. The van der Waals surface area contributed by atoms with Crippen molar-refractivity contribution < 1.29 is 14.1 Å². The number of methoxy groups -OCH3 is 1. The Balaban J connectivity index is 1.58. The van der Waals surface area contributed by atoms with Gasteiger partial charge in [0, 0.05) is 43.9 Å². The Bertz CT molecular complexity index is 704. The summed E-state index contributed by atoms with van der Waals surface area (Å²) in [5.41, 5.74) is 0.867. The van der Waals surface area contributed by atoms with Crippen molar-refractivity contribution in [3.8, 4) is 11.4 Å². The molecule has 0 bridgehead atoms. The highest BCUT2D eigenvalue weighted by molar-refractivity contribution is 6.30. The maximum Gasteiger partial charge on any atom is 0.248 e. The first-order chi connectivity index (χ1) is 12.2. The molecule has 8 heteroatoms. The summed E-state index contributed by atoms with van der Waals surface area (Å²) < 4.78 is 10.3. The summed E-state index contributed by atoms with van der Waals surface area (Å²) in [7, 11) is 1.54. The van der Waals surface area contributed by atoms with Crippen molar-refractivity contribution in [2.24, 2.45) is 0 Å². The van der Waals surface area contributed by atoms with Crippen LogP contribution >= 0.6 is 11.6 Å². The Hall–Kier alpha value is -1.96. The van der Waals surface area contributed by atoms with E-state index in [4.69, 9.17) is 20.9 Å². The van der Waals surface area contributed by atoms with Gasteiger partial charge in [0.2, 0.25) is 17.6 Å². The standard InChI is InChI=1S/C17H21ClN4O3/c1-24-12-16(23)22-8-2-7-21(9-10-22)11-15-19-17(20-25-15)13-3-5-14(18)6-4-13/h3-6H,2,7-12H2,1H3. The predicted molar refractivity (Wildman–Crippen MR) is 93.1 cm³/mol.